The van der Waals surface area contributed by atoms with Gasteiger partial charge < -0.3 is 10.1 Å². The van der Waals surface area contributed by atoms with Crippen LogP contribution in [0.15, 0.2) is 24.3 Å². The summed E-state index contributed by atoms with van der Waals surface area (Å²) in [6, 6.07) is 8.45. The van der Waals surface area contributed by atoms with Crippen LogP contribution in [0.2, 0.25) is 0 Å². The van der Waals surface area contributed by atoms with E-state index in [1.165, 1.54) is 5.56 Å². The summed E-state index contributed by atoms with van der Waals surface area (Å²) in [7, 11) is 2.00. The van der Waals surface area contributed by atoms with Gasteiger partial charge in [-0.05, 0) is 57.0 Å². The lowest BCUT2D eigenvalue weighted by Crippen LogP contribution is -2.20. The molecular formula is C15H25NO. The maximum Gasteiger partial charge on any atom is 0.119 e. The predicted octanol–water partition coefficient (Wildman–Crippen LogP) is 3.43. The highest BCUT2D eigenvalue weighted by Crippen LogP contribution is 2.26. The summed E-state index contributed by atoms with van der Waals surface area (Å²) in [5.74, 6) is 2.13. The van der Waals surface area contributed by atoms with Crippen LogP contribution in [0.3, 0.4) is 0 Å². The zero-order valence-corrected chi connectivity index (χ0v) is 11.7. The molecule has 1 N–H and O–H groups in total. The second-order valence-corrected chi connectivity index (χ2v) is 5.06. The monoisotopic (exact) mass is 235 g/mol. The van der Waals surface area contributed by atoms with Crippen molar-refractivity contribution in [2.45, 2.75) is 39.7 Å². The Bertz CT molecular complexity index is 335. The third-order valence-corrected chi connectivity index (χ3v) is 3.14. The maximum atomic E-state index is 5.73. The van der Waals surface area contributed by atoms with Gasteiger partial charge in [-0.3, -0.25) is 0 Å². The number of nitrogens with one attached hydrogen (secondary N) is 1. The maximum absolute atomic E-state index is 5.73. The molecule has 2 heteroatoms. The summed E-state index contributed by atoms with van der Waals surface area (Å²) in [5.41, 5.74) is 1.35. The normalized spacial score (nSPS) is 14.7. The fraction of sp³-hybridized carbons (Fsp3) is 0.600. The first-order valence-electron chi connectivity index (χ1n) is 6.45. The zero-order valence-electron chi connectivity index (χ0n) is 11.7. The van der Waals surface area contributed by atoms with Crippen LogP contribution in [0.5, 0.6) is 5.75 Å². The molecule has 0 amide bonds. The average Bonchev–Trinajstić information content (AvgIpc) is 2.28. The predicted molar refractivity (Wildman–Crippen MR) is 73.7 cm³/mol. The molecule has 1 rings (SSSR count). The highest BCUT2D eigenvalue weighted by molar-refractivity contribution is 5.31. The molecule has 0 aromatic heterocycles. The van der Waals surface area contributed by atoms with E-state index >= 15 is 0 Å². The Hall–Kier alpha value is -1.02. The smallest absolute Gasteiger partial charge is 0.119 e. The third kappa shape index (κ3) is 4.39. The van der Waals surface area contributed by atoms with E-state index in [-0.39, 0.29) is 6.10 Å². The second-order valence-electron chi connectivity index (χ2n) is 5.06. The van der Waals surface area contributed by atoms with Crippen LogP contribution < -0.4 is 10.1 Å². The average molecular weight is 235 g/mol. The molecule has 17 heavy (non-hydrogen) atoms. The third-order valence-electron chi connectivity index (χ3n) is 3.14. The Kier molecular flexibility index (Phi) is 5.49. The summed E-state index contributed by atoms with van der Waals surface area (Å²) < 4.78 is 5.73. The number of hydrogen-bond acceptors (Lipinski definition) is 2. The first-order chi connectivity index (χ1) is 8.04. The Labute approximate surface area is 105 Å². The van der Waals surface area contributed by atoms with Crippen molar-refractivity contribution in [2.24, 2.45) is 5.92 Å². The molecule has 1 aromatic carbocycles. The van der Waals surface area contributed by atoms with Gasteiger partial charge in [-0.25, -0.2) is 0 Å². The number of ether oxygens (including phenoxy) is 1. The van der Waals surface area contributed by atoms with Crippen LogP contribution in [-0.2, 0) is 0 Å². The summed E-state index contributed by atoms with van der Waals surface area (Å²) >= 11 is 0. The molecular weight excluding hydrogens is 210 g/mol. The fourth-order valence-electron chi connectivity index (χ4n) is 1.97. The molecule has 0 radical (unpaired) electrons. The number of benzene rings is 1. The van der Waals surface area contributed by atoms with Crippen LogP contribution in [-0.4, -0.2) is 19.7 Å². The summed E-state index contributed by atoms with van der Waals surface area (Å²) in [4.78, 5) is 0. The quantitative estimate of drug-likeness (QED) is 0.815. The molecule has 2 unspecified atom stereocenters. The lowest BCUT2D eigenvalue weighted by Gasteiger charge is -2.21. The fourth-order valence-corrected chi connectivity index (χ4v) is 1.97. The molecule has 0 fully saturated rings. The van der Waals surface area contributed by atoms with Gasteiger partial charge in [0.05, 0.1) is 6.10 Å². The van der Waals surface area contributed by atoms with Gasteiger partial charge in [0.25, 0.3) is 0 Å². The van der Waals surface area contributed by atoms with Gasteiger partial charge in [-0.1, -0.05) is 26.0 Å². The topological polar surface area (TPSA) is 21.3 Å². The van der Waals surface area contributed by atoms with Gasteiger partial charge >= 0.3 is 0 Å². The van der Waals surface area contributed by atoms with Crippen molar-refractivity contribution >= 4 is 0 Å². The van der Waals surface area contributed by atoms with Crippen LogP contribution in [0.1, 0.15) is 39.2 Å². The minimum atomic E-state index is 0.232. The summed E-state index contributed by atoms with van der Waals surface area (Å²) in [6.45, 7) is 9.70. The van der Waals surface area contributed by atoms with Crippen LogP contribution in [0, 0.1) is 5.92 Å². The molecule has 0 aliphatic carbocycles. The van der Waals surface area contributed by atoms with Crippen molar-refractivity contribution in [3.05, 3.63) is 29.8 Å². The summed E-state index contributed by atoms with van der Waals surface area (Å²) in [6.07, 6.45) is 0.232. The van der Waals surface area contributed by atoms with E-state index < -0.39 is 0 Å². The molecule has 0 aliphatic rings. The van der Waals surface area contributed by atoms with E-state index in [1.807, 2.05) is 13.1 Å². The van der Waals surface area contributed by atoms with Crippen LogP contribution >= 0.6 is 0 Å². The van der Waals surface area contributed by atoms with Crippen molar-refractivity contribution in [1.82, 2.24) is 5.32 Å². The van der Waals surface area contributed by atoms with Gasteiger partial charge in [0.1, 0.15) is 5.75 Å². The van der Waals surface area contributed by atoms with Crippen molar-refractivity contribution in [1.29, 1.82) is 0 Å². The molecule has 0 bridgehead atoms. The summed E-state index contributed by atoms with van der Waals surface area (Å²) in [5, 5.41) is 3.23. The Morgan fingerprint density at radius 2 is 1.88 bits per heavy atom. The Morgan fingerprint density at radius 1 is 1.18 bits per heavy atom. The standard InChI is InChI=1S/C15H25NO/c1-11(2)17-15-8-6-7-14(9-15)13(4)12(3)10-16-5/h6-9,11-13,16H,10H2,1-5H3. The largest absolute Gasteiger partial charge is 0.491 e. The van der Waals surface area contributed by atoms with E-state index in [0.29, 0.717) is 11.8 Å². The van der Waals surface area contributed by atoms with Gasteiger partial charge in [0, 0.05) is 0 Å². The van der Waals surface area contributed by atoms with E-state index in [0.717, 1.165) is 12.3 Å². The van der Waals surface area contributed by atoms with E-state index in [2.05, 4.69) is 51.2 Å². The molecule has 1 aromatic rings. The SMILES string of the molecule is CNCC(C)C(C)c1cccc(OC(C)C)c1. The van der Waals surface area contributed by atoms with Gasteiger partial charge in [0.2, 0.25) is 0 Å². The molecule has 0 saturated carbocycles. The molecule has 0 spiro atoms. The second kappa shape index (κ2) is 6.65. The van der Waals surface area contributed by atoms with Gasteiger partial charge in [0.15, 0.2) is 0 Å². The highest BCUT2D eigenvalue weighted by Gasteiger charge is 2.14. The van der Waals surface area contributed by atoms with Gasteiger partial charge in [-0.2, -0.15) is 0 Å². The van der Waals surface area contributed by atoms with E-state index in [4.69, 9.17) is 4.74 Å². The Morgan fingerprint density at radius 3 is 2.47 bits per heavy atom. The van der Waals surface area contributed by atoms with E-state index in [9.17, 15) is 0 Å². The molecule has 96 valence electrons. The molecule has 0 heterocycles. The molecule has 0 saturated heterocycles. The lowest BCUT2D eigenvalue weighted by atomic mass is 9.89. The van der Waals surface area contributed by atoms with Crippen molar-refractivity contribution in [2.75, 3.05) is 13.6 Å². The van der Waals surface area contributed by atoms with Crippen molar-refractivity contribution in [3.63, 3.8) is 0 Å². The molecule has 2 nitrogen and oxygen atoms in total. The highest BCUT2D eigenvalue weighted by atomic mass is 16.5. The van der Waals surface area contributed by atoms with Gasteiger partial charge in [-0.15, -0.1) is 0 Å². The van der Waals surface area contributed by atoms with Crippen molar-refractivity contribution < 1.29 is 4.74 Å². The zero-order chi connectivity index (χ0) is 12.8. The van der Waals surface area contributed by atoms with Crippen molar-refractivity contribution in [3.8, 4) is 5.75 Å². The van der Waals surface area contributed by atoms with Crippen LogP contribution in [0.4, 0.5) is 0 Å². The van der Waals surface area contributed by atoms with Crippen LogP contribution in [0.25, 0.3) is 0 Å². The Balaban J connectivity index is 2.76. The minimum absolute atomic E-state index is 0.232. The number of hydrogen-bond donors (Lipinski definition) is 1. The first kappa shape index (κ1) is 14.0. The lowest BCUT2D eigenvalue weighted by molar-refractivity contribution is 0.242. The molecule has 2 atom stereocenters. The van der Waals surface area contributed by atoms with E-state index in [1.54, 1.807) is 0 Å². The minimum Gasteiger partial charge on any atom is -0.491 e. The molecule has 0 aliphatic heterocycles. The number of rotatable bonds is 6. The first-order valence-corrected chi connectivity index (χ1v) is 6.45.